The maximum Gasteiger partial charge on any atom is 0.252 e. The second-order valence-electron chi connectivity index (χ2n) is 6.70. The van der Waals surface area contributed by atoms with Gasteiger partial charge in [0.15, 0.2) is 0 Å². The summed E-state index contributed by atoms with van der Waals surface area (Å²) < 4.78 is 10.4. The number of hydrogen-bond donors (Lipinski definition) is 2. The summed E-state index contributed by atoms with van der Waals surface area (Å²) in [5.41, 5.74) is 1.72. The minimum atomic E-state index is -0.733. The molecule has 28 heavy (non-hydrogen) atoms. The van der Waals surface area contributed by atoms with Crippen molar-refractivity contribution in [1.82, 2.24) is 5.32 Å². The van der Waals surface area contributed by atoms with E-state index in [0.29, 0.717) is 27.8 Å². The Kier molecular flexibility index (Phi) is 7.29. The number of methoxy groups -OCH3 is 2. The van der Waals surface area contributed by atoms with Crippen LogP contribution in [-0.4, -0.2) is 32.1 Å². The number of rotatable bonds is 7. The Bertz CT molecular complexity index is 845. The second kappa shape index (κ2) is 9.46. The third-order valence-electron chi connectivity index (χ3n) is 4.37. The third kappa shape index (κ3) is 5.16. The van der Waals surface area contributed by atoms with Crippen molar-refractivity contribution in [3.63, 3.8) is 0 Å². The Morgan fingerprint density at radius 2 is 1.64 bits per heavy atom. The molecule has 0 spiro atoms. The first kappa shape index (κ1) is 21.6. The number of benzene rings is 2. The number of carbonyl (C=O) groups excluding carboxylic acids is 2. The van der Waals surface area contributed by atoms with Crippen molar-refractivity contribution >= 4 is 29.1 Å². The van der Waals surface area contributed by atoms with Crippen LogP contribution in [-0.2, 0) is 4.79 Å². The van der Waals surface area contributed by atoms with Crippen LogP contribution in [0, 0.1) is 12.8 Å². The van der Waals surface area contributed by atoms with Gasteiger partial charge in [0.25, 0.3) is 5.91 Å². The van der Waals surface area contributed by atoms with Gasteiger partial charge in [0, 0.05) is 22.3 Å². The minimum absolute atomic E-state index is 0.129. The van der Waals surface area contributed by atoms with Crippen LogP contribution < -0.4 is 20.1 Å². The third-order valence-corrected chi connectivity index (χ3v) is 4.78. The van der Waals surface area contributed by atoms with Gasteiger partial charge in [-0.2, -0.15) is 0 Å². The summed E-state index contributed by atoms with van der Waals surface area (Å²) in [6.45, 7) is 5.55. The van der Waals surface area contributed by atoms with Gasteiger partial charge in [-0.15, -0.1) is 0 Å². The lowest BCUT2D eigenvalue weighted by atomic mass is 10.0. The van der Waals surface area contributed by atoms with Crippen LogP contribution in [0.15, 0.2) is 36.4 Å². The molecule has 0 heterocycles. The van der Waals surface area contributed by atoms with Crippen molar-refractivity contribution in [2.24, 2.45) is 5.92 Å². The summed E-state index contributed by atoms with van der Waals surface area (Å²) in [6, 6.07) is 9.41. The SMILES string of the molecule is COc1cc(OC)cc(C(=O)NC(C(=O)Nc2cccc(Cl)c2C)C(C)C)c1. The van der Waals surface area contributed by atoms with E-state index in [0.717, 1.165) is 5.56 Å². The van der Waals surface area contributed by atoms with Crippen LogP contribution in [0.25, 0.3) is 0 Å². The number of ether oxygens (including phenoxy) is 2. The first-order valence-corrected chi connectivity index (χ1v) is 9.24. The largest absolute Gasteiger partial charge is 0.497 e. The lowest BCUT2D eigenvalue weighted by Crippen LogP contribution is -2.47. The van der Waals surface area contributed by atoms with E-state index < -0.39 is 11.9 Å². The van der Waals surface area contributed by atoms with E-state index in [-0.39, 0.29) is 11.8 Å². The smallest absolute Gasteiger partial charge is 0.252 e. The molecule has 1 atom stereocenters. The highest BCUT2D eigenvalue weighted by Crippen LogP contribution is 2.24. The Morgan fingerprint density at radius 3 is 2.18 bits per heavy atom. The fourth-order valence-corrected chi connectivity index (χ4v) is 2.83. The lowest BCUT2D eigenvalue weighted by molar-refractivity contribution is -0.118. The van der Waals surface area contributed by atoms with Gasteiger partial charge in [0.05, 0.1) is 14.2 Å². The monoisotopic (exact) mass is 404 g/mol. The zero-order valence-electron chi connectivity index (χ0n) is 16.6. The second-order valence-corrected chi connectivity index (χ2v) is 7.11. The number of hydrogen-bond acceptors (Lipinski definition) is 4. The molecule has 0 fully saturated rings. The van der Waals surface area contributed by atoms with E-state index in [1.807, 2.05) is 20.8 Å². The molecule has 0 aliphatic rings. The van der Waals surface area contributed by atoms with E-state index in [1.54, 1.807) is 36.4 Å². The maximum atomic E-state index is 12.8. The molecular weight excluding hydrogens is 380 g/mol. The Morgan fingerprint density at radius 1 is 1.04 bits per heavy atom. The number of nitrogens with one attached hydrogen (secondary N) is 2. The van der Waals surface area contributed by atoms with Crippen molar-refractivity contribution in [2.75, 3.05) is 19.5 Å². The van der Waals surface area contributed by atoms with Gasteiger partial charge >= 0.3 is 0 Å². The minimum Gasteiger partial charge on any atom is -0.497 e. The fraction of sp³-hybridized carbons (Fsp3) is 0.333. The quantitative estimate of drug-likeness (QED) is 0.729. The molecule has 2 N–H and O–H groups in total. The van der Waals surface area contributed by atoms with Crippen LogP contribution in [0.4, 0.5) is 5.69 Å². The molecule has 0 radical (unpaired) electrons. The topological polar surface area (TPSA) is 76.7 Å². The molecule has 1 unspecified atom stereocenters. The molecule has 0 saturated carbocycles. The molecule has 6 nitrogen and oxygen atoms in total. The van der Waals surface area contributed by atoms with E-state index in [2.05, 4.69) is 10.6 Å². The van der Waals surface area contributed by atoms with Gasteiger partial charge in [-0.3, -0.25) is 9.59 Å². The Labute approximate surface area is 170 Å². The molecule has 2 rings (SSSR count). The first-order chi connectivity index (χ1) is 13.3. The summed E-state index contributed by atoms with van der Waals surface area (Å²) in [5.74, 6) is 0.141. The number of halogens is 1. The van der Waals surface area contributed by atoms with Crippen molar-refractivity contribution in [1.29, 1.82) is 0 Å². The molecule has 2 aromatic carbocycles. The summed E-state index contributed by atoms with van der Waals surface area (Å²) in [6.07, 6.45) is 0. The van der Waals surface area contributed by atoms with Crippen molar-refractivity contribution in [3.05, 3.63) is 52.5 Å². The fourth-order valence-electron chi connectivity index (χ4n) is 2.65. The van der Waals surface area contributed by atoms with Crippen LogP contribution >= 0.6 is 11.6 Å². The van der Waals surface area contributed by atoms with Gasteiger partial charge < -0.3 is 20.1 Å². The predicted octanol–water partition coefficient (Wildman–Crippen LogP) is 4.06. The maximum absolute atomic E-state index is 12.8. The van der Waals surface area contributed by atoms with Gasteiger partial charge in [-0.25, -0.2) is 0 Å². The Balaban J connectivity index is 2.21. The summed E-state index contributed by atoms with van der Waals surface area (Å²) >= 11 is 6.12. The molecule has 7 heteroatoms. The zero-order valence-corrected chi connectivity index (χ0v) is 17.4. The predicted molar refractivity (Wildman–Crippen MR) is 110 cm³/mol. The average molecular weight is 405 g/mol. The molecule has 150 valence electrons. The van der Waals surface area contributed by atoms with Gasteiger partial charge in [0.1, 0.15) is 17.5 Å². The number of carbonyl (C=O) groups is 2. The summed E-state index contributed by atoms with van der Waals surface area (Å²) in [4.78, 5) is 25.6. The molecule has 0 aliphatic heterocycles. The van der Waals surface area contributed by atoms with Crippen LogP contribution in [0.3, 0.4) is 0 Å². The van der Waals surface area contributed by atoms with E-state index in [4.69, 9.17) is 21.1 Å². The zero-order chi connectivity index (χ0) is 20.8. The van der Waals surface area contributed by atoms with Crippen molar-refractivity contribution in [2.45, 2.75) is 26.8 Å². The average Bonchev–Trinajstić information content (AvgIpc) is 2.68. The first-order valence-electron chi connectivity index (χ1n) is 8.86. The lowest BCUT2D eigenvalue weighted by Gasteiger charge is -2.22. The van der Waals surface area contributed by atoms with Crippen LogP contribution in [0.5, 0.6) is 11.5 Å². The van der Waals surface area contributed by atoms with Crippen molar-refractivity contribution < 1.29 is 19.1 Å². The summed E-state index contributed by atoms with van der Waals surface area (Å²) in [5, 5.41) is 6.20. The standard InChI is InChI=1S/C21H25ClN2O4/c1-12(2)19(21(26)23-18-8-6-7-17(22)13(18)3)24-20(25)14-9-15(27-4)11-16(10-14)28-5/h6-12,19H,1-5H3,(H,23,26)(H,24,25). The molecule has 2 amide bonds. The van der Waals surface area contributed by atoms with E-state index in [9.17, 15) is 9.59 Å². The Hall–Kier alpha value is -2.73. The summed E-state index contributed by atoms with van der Waals surface area (Å²) in [7, 11) is 3.02. The van der Waals surface area contributed by atoms with Gasteiger partial charge in [0.2, 0.25) is 5.91 Å². The molecule has 0 aromatic heterocycles. The van der Waals surface area contributed by atoms with E-state index in [1.165, 1.54) is 14.2 Å². The van der Waals surface area contributed by atoms with E-state index >= 15 is 0 Å². The molecule has 0 saturated heterocycles. The normalized spacial score (nSPS) is 11.7. The highest BCUT2D eigenvalue weighted by Gasteiger charge is 2.25. The number of anilines is 1. The molecule has 0 bridgehead atoms. The molecule has 0 aliphatic carbocycles. The van der Waals surface area contributed by atoms with Gasteiger partial charge in [-0.1, -0.05) is 31.5 Å². The molecule has 2 aromatic rings. The van der Waals surface area contributed by atoms with Gasteiger partial charge in [-0.05, 0) is 42.7 Å². The van der Waals surface area contributed by atoms with Crippen LogP contribution in [0.1, 0.15) is 29.8 Å². The van der Waals surface area contributed by atoms with Crippen molar-refractivity contribution in [3.8, 4) is 11.5 Å². The highest BCUT2D eigenvalue weighted by atomic mass is 35.5. The molecular formula is C21H25ClN2O4. The highest BCUT2D eigenvalue weighted by molar-refractivity contribution is 6.31. The van der Waals surface area contributed by atoms with Crippen LogP contribution in [0.2, 0.25) is 5.02 Å². The number of amides is 2.